The maximum absolute atomic E-state index is 10.3. The summed E-state index contributed by atoms with van der Waals surface area (Å²) in [5, 5.41) is 9.89. The first-order valence-electron chi connectivity index (χ1n) is 8.49. The van der Waals surface area contributed by atoms with Crippen molar-refractivity contribution in [3.63, 3.8) is 0 Å². The Morgan fingerprint density at radius 2 is 1.29 bits per heavy atom. The molecule has 3 heteroatoms. The molecule has 0 saturated carbocycles. The fourth-order valence-electron chi connectivity index (χ4n) is 2.16. The molecule has 0 aromatic carbocycles. The fraction of sp³-hybridized carbons (Fsp3) is 0.722. The van der Waals surface area contributed by atoms with Crippen molar-refractivity contribution in [2.24, 2.45) is 0 Å². The molecule has 0 spiro atoms. The van der Waals surface area contributed by atoms with Gasteiger partial charge in [-0.2, -0.15) is 0 Å². The van der Waals surface area contributed by atoms with E-state index < -0.39 is 5.97 Å². The summed E-state index contributed by atoms with van der Waals surface area (Å²) in [4.78, 5) is 10.3. The maximum atomic E-state index is 10.3. The standard InChI is InChI=1S/C18H33AsO2/c19-17-15-13-11-9-7-5-3-1-2-4-6-8-10-12-14-16-18(20)21/h1-2,5,7H,3-4,6,8-17,19H2,(H,20,21)/b2-1-,7-5-. The Bertz CT molecular complexity index is 285. The van der Waals surface area contributed by atoms with Gasteiger partial charge < -0.3 is 5.11 Å². The van der Waals surface area contributed by atoms with Gasteiger partial charge in [0.15, 0.2) is 0 Å². The first-order valence-corrected chi connectivity index (χ1v) is 10.2. The number of allylic oxidation sites excluding steroid dienone is 4. The Labute approximate surface area is 139 Å². The van der Waals surface area contributed by atoms with Gasteiger partial charge in [0, 0.05) is 6.42 Å². The number of rotatable bonds is 15. The normalized spacial score (nSPS) is 11.7. The van der Waals surface area contributed by atoms with Crippen LogP contribution in [0.4, 0.5) is 0 Å². The molecular weight excluding hydrogens is 323 g/mol. The second-order valence-electron chi connectivity index (χ2n) is 5.52. The number of carbonyl (C=O) groups is 1. The third kappa shape index (κ3) is 19.5. The average molecular weight is 356 g/mol. The summed E-state index contributed by atoms with van der Waals surface area (Å²) in [7, 11) is 0. The summed E-state index contributed by atoms with van der Waals surface area (Å²) in [6, 6.07) is 0. The third-order valence-corrected chi connectivity index (χ3v) is 4.30. The van der Waals surface area contributed by atoms with Gasteiger partial charge in [-0.05, 0) is 6.42 Å². The van der Waals surface area contributed by atoms with Crippen molar-refractivity contribution < 1.29 is 9.90 Å². The summed E-state index contributed by atoms with van der Waals surface area (Å²) in [5.41, 5.74) is 0. The van der Waals surface area contributed by atoms with Crippen LogP contribution in [0.25, 0.3) is 0 Å². The molecule has 0 fully saturated rings. The van der Waals surface area contributed by atoms with Crippen molar-refractivity contribution in [1.82, 2.24) is 0 Å². The van der Waals surface area contributed by atoms with Crippen molar-refractivity contribution in [3.05, 3.63) is 24.3 Å². The van der Waals surface area contributed by atoms with Crippen molar-refractivity contribution in [3.8, 4) is 0 Å². The topological polar surface area (TPSA) is 37.3 Å². The first kappa shape index (κ1) is 20.5. The van der Waals surface area contributed by atoms with Crippen LogP contribution in [0.1, 0.15) is 77.0 Å². The molecule has 0 bridgehead atoms. The molecule has 2 nitrogen and oxygen atoms in total. The van der Waals surface area contributed by atoms with E-state index in [2.05, 4.69) is 24.3 Å². The van der Waals surface area contributed by atoms with E-state index in [9.17, 15) is 4.79 Å². The Balaban J connectivity index is 3.18. The van der Waals surface area contributed by atoms with Crippen LogP contribution in [-0.4, -0.2) is 27.9 Å². The van der Waals surface area contributed by atoms with Crippen LogP contribution in [0, 0.1) is 0 Å². The van der Waals surface area contributed by atoms with E-state index in [0.717, 1.165) is 25.7 Å². The van der Waals surface area contributed by atoms with E-state index in [0.29, 0.717) is 6.42 Å². The molecule has 21 heavy (non-hydrogen) atoms. The molecule has 0 rings (SSSR count). The second-order valence-corrected chi connectivity index (χ2v) is 6.73. The summed E-state index contributed by atoms with van der Waals surface area (Å²) in [5.74, 6) is -0.669. The van der Waals surface area contributed by atoms with Crippen molar-refractivity contribution >= 4 is 22.8 Å². The Kier molecular flexibility index (Phi) is 17.1. The van der Waals surface area contributed by atoms with Crippen LogP contribution in [0.2, 0.25) is 5.21 Å². The van der Waals surface area contributed by atoms with Crippen molar-refractivity contribution in [2.75, 3.05) is 0 Å². The number of aliphatic carboxylic acids is 1. The van der Waals surface area contributed by atoms with Crippen LogP contribution >= 0.6 is 0 Å². The van der Waals surface area contributed by atoms with Gasteiger partial charge in [0.1, 0.15) is 0 Å². The molecule has 1 atom stereocenters. The van der Waals surface area contributed by atoms with Crippen molar-refractivity contribution in [1.29, 1.82) is 0 Å². The van der Waals surface area contributed by atoms with Gasteiger partial charge in [-0.3, -0.25) is 4.79 Å². The monoisotopic (exact) mass is 356 g/mol. The molecule has 0 heterocycles. The molecule has 0 radical (unpaired) electrons. The van der Waals surface area contributed by atoms with E-state index in [1.165, 1.54) is 50.2 Å². The van der Waals surface area contributed by atoms with Gasteiger partial charge in [0.25, 0.3) is 0 Å². The molecule has 0 saturated heterocycles. The summed E-state index contributed by atoms with van der Waals surface area (Å²) >= 11 is 1.85. The first-order chi connectivity index (χ1) is 10.3. The van der Waals surface area contributed by atoms with Crippen LogP contribution in [0.3, 0.4) is 0 Å². The van der Waals surface area contributed by atoms with Crippen molar-refractivity contribution in [2.45, 2.75) is 82.3 Å². The molecule has 0 aliphatic carbocycles. The van der Waals surface area contributed by atoms with Gasteiger partial charge >= 0.3 is 97.3 Å². The number of carboxylic acids is 1. The quantitative estimate of drug-likeness (QED) is 0.257. The summed E-state index contributed by atoms with van der Waals surface area (Å²) < 4.78 is 0. The molecule has 0 aliphatic rings. The zero-order chi connectivity index (χ0) is 15.6. The molecule has 0 aliphatic heterocycles. The second kappa shape index (κ2) is 17.6. The van der Waals surface area contributed by atoms with Gasteiger partial charge in [-0.15, -0.1) is 0 Å². The number of hydrogen-bond donors (Lipinski definition) is 1. The van der Waals surface area contributed by atoms with E-state index in [-0.39, 0.29) is 0 Å². The van der Waals surface area contributed by atoms with Crippen LogP contribution in [-0.2, 0) is 4.79 Å². The SMILES string of the molecule is O=C(O)CCCCCCC/C=C\C/C=C\CCCCC[AsH2]. The molecule has 1 unspecified atom stereocenters. The van der Waals surface area contributed by atoms with E-state index in [1.807, 2.05) is 16.9 Å². The van der Waals surface area contributed by atoms with Crippen LogP contribution in [0.5, 0.6) is 0 Å². The van der Waals surface area contributed by atoms with E-state index in [4.69, 9.17) is 5.11 Å². The predicted molar refractivity (Wildman–Crippen MR) is 94.7 cm³/mol. The predicted octanol–water partition coefficient (Wildman–Crippen LogP) is 4.92. The Morgan fingerprint density at radius 1 is 0.762 bits per heavy atom. The van der Waals surface area contributed by atoms with E-state index in [1.54, 1.807) is 0 Å². The molecule has 0 amide bonds. The molecular formula is C18H33AsO2. The Morgan fingerprint density at radius 3 is 1.86 bits per heavy atom. The number of carboxylic acid groups (broad SMARTS) is 1. The molecule has 0 aromatic heterocycles. The summed E-state index contributed by atoms with van der Waals surface area (Å²) in [6.45, 7) is 0. The summed E-state index contributed by atoms with van der Waals surface area (Å²) in [6.07, 6.45) is 22.5. The van der Waals surface area contributed by atoms with E-state index >= 15 is 0 Å². The molecule has 1 N–H and O–H groups in total. The minimum atomic E-state index is -0.669. The Hall–Kier alpha value is -0.492. The van der Waals surface area contributed by atoms with Gasteiger partial charge in [0.05, 0.1) is 0 Å². The molecule has 0 aromatic rings. The van der Waals surface area contributed by atoms with Gasteiger partial charge in [-0.1, -0.05) is 19.3 Å². The van der Waals surface area contributed by atoms with Gasteiger partial charge in [-0.25, -0.2) is 0 Å². The van der Waals surface area contributed by atoms with Gasteiger partial charge in [0.2, 0.25) is 0 Å². The zero-order valence-electron chi connectivity index (χ0n) is 13.4. The van der Waals surface area contributed by atoms with Crippen LogP contribution < -0.4 is 0 Å². The van der Waals surface area contributed by atoms with Crippen LogP contribution in [0.15, 0.2) is 24.3 Å². The fourth-order valence-corrected chi connectivity index (χ4v) is 2.76. The number of unbranched alkanes of at least 4 members (excludes halogenated alkanes) is 8. The average Bonchev–Trinajstić information content (AvgIpc) is 2.46. The third-order valence-electron chi connectivity index (χ3n) is 3.44. The minimum absolute atomic E-state index is 0.325. The molecule has 122 valence electrons. The number of hydrogen-bond acceptors (Lipinski definition) is 1. The zero-order valence-corrected chi connectivity index (χ0v) is 15.9.